The second kappa shape index (κ2) is 5.87. The number of benzene rings is 1. The van der Waals surface area contributed by atoms with Crippen molar-refractivity contribution in [2.24, 2.45) is 7.05 Å². The molecular weight excluding hydrogens is 332 g/mol. The van der Waals surface area contributed by atoms with Gasteiger partial charge in [-0.15, -0.1) is 5.10 Å². The maximum atomic E-state index is 4.49. The van der Waals surface area contributed by atoms with Crippen LogP contribution in [0, 0.1) is 0 Å². The molecule has 1 unspecified atom stereocenters. The average Bonchev–Trinajstić information content (AvgIpc) is 2.84. The zero-order valence-corrected chi connectivity index (χ0v) is 13.4. The zero-order valence-electron chi connectivity index (χ0n) is 11.8. The largest absolute Gasteiger partial charge is 0.305 e. The van der Waals surface area contributed by atoms with Gasteiger partial charge in [0.2, 0.25) is 0 Å². The van der Waals surface area contributed by atoms with Crippen LogP contribution in [0.2, 0.25) is 0 Å². The van der Waals surface area contributed by atoms with Crippen molar-refractivity contribution in [2.75, 3.05) is 6.54 Å². The van der Waals surface area contributed by atoms with E-state index in [-0.39, 0.29) is 6.04 Å². The highest BCUT2D eigenvalue weighted by Gasteiger charge is 2.23. The fraction of sp³-hybridized carbons (Fsp3) is 0.286. The van der Waals surface area contributed by atoms with Crippen LogP contribution in [0.1, 0.15) is 24.2 Å². The smallest absolute Gasteiger partial charge is 0.153 e. The van der Waals surface area contributed by atoms with Gasteiger partial charge in [-0.25, -0.2) is 4.68 Å². The minimum atomic E-state index is -0.0511. The van der Waals surface area contributed by atoms with E-state index in [1.54, 1.807) is 17.1 Å². The first-order chi connectivity index (χ1) is 10.2. The Morgan fingerprint density at radius 1 is 1.29 bits per heavy atom. The zero-order chi connectivity index (χ0) is 14.8. The van der Waals surface area contributed by atoms with Crippen molar-refractivity contribution in [3.05, 3.63) is 46.5 Å². The topological polar surface area (TPSA) is 68.5 Å². The molecule has 2 heterocycles. The third kappa shape index (κ3) is 2.54. The number of hydrogen-bond acceptors (Lipinski definition) is 5. The first kappa shape index (κ1) is 14.1. The molecule has 21 heavy (non-hydrogen) atoms. The van der Waals surface area contributed by atoms with Gasteiger partial charge in [-0.2, -0.15) is 0 Å². The van der Waals surface area contributed by atoms with E-state index in [1.807, 2.05) is 19.2 Å². The summed E-state index contributed by atoms with van der Waals surface area (Å²) in [5, 5.41) is 11.6. The van der Waals surface area contributed by atoms with Crippen LogP contribution in [0.5, 0.6) is 0 Å². The summed E-state index contributed by atoms with van der Waals surface area (Å²) in [6, 6.07) is 5.97. The second-order valence-corrected chi connectivity index (χ2v) is 5.40. The quantitative estimate of drug-likeness (QED) is 0.784. The molecule has 0 saturated heterocycles. The lowest BCUT2D eigenvalue weighted by Crippen LogP contribution is -2.25. The average molecular weight is 347 g/mol. The molecule has 108 valence electrons. The van der Waals surface area contributed by atoms with Crippen molar-refractivity contribution in [3.8, 4) is 0 Å². The van der Waals surface area contributed by atoms with Gasteiger partial charge in [0, 0.05) is 25.0 Å². The lowest BCUT2D eigenvalue weighted by Gasteiger charge is -2.19. The monoisotopic (exact) mass is 346 g/mol. The molecule has 0 saturated carbocycles. The lowest BCUT2D eigenvalue weighted by atomic mass is 10.0. The van der Waals surface area contributed by atoms with E-state index < -0.39 is 0 Å². The van der Waals surface area contributed by atoms with Gasteiger partial charge in [0.25, 0.3) is 0 Å². The predicted molar refractivity (Wildman–Crippen MR) is 83.8 cm³/mol. The molecule has 0 amide bonds. The van der Waals surface area contributed by atoms with Crippen molar-refractivity contribution in [1.29, 1.82) is 0 Å². The molecule has 1 N–H and O–H groups in total. The number of rotatable bonds is 4. The summed E-state index contributed by atoms with van der Waals surface area (Å²) in [7, 11) is 1.88. The molecule has 0 aliphatic rings. The first-order valence-corrected chi connectivity index (χ1v) is 7.49. The number of nitrogens with zero attached hydrogens (tertiary/aromatic N) is 5. The Bertz CT molecular complexity index is 744. The van der Waals surface area contributed by atoms with Gasteiger partial charge in [-0.3, -0.25) is 9.97 Å². The molecule has 0 fully saturated rings. The molecule has 7 heteroatoms. The SMILES string of the molecule is CCNC(c1cccc2nccnc12)c1c(Br)nnn1C. The molecular formula is C14H15BrN6. The summed E-state index contributed by atoms with van der Waals surface area (Å²) in [4.78, 5) is 8.86. The molecule has 6 nitrogen and oxygen atoms in total. The molecule has 3 aromatic rings. The van der Waals surface area contributed by atoms with E-state index in [4.69, 9.17) is 0 Å². The van der Waals surface area contributed by atoms with Crippen molar-refractivity contribution in [3.63, 3.8) is 0 Å². The Hall–Kier alpha value is -1.86. The summed E-state index contributed by atoms with van der Waals surface area (Å²) in [5.74, 6) is 0. The van der Waals surface area contributed by atoms with Crippen LogP contribution >= 0.6 is 15.9 Å². The number of fused-ring (bicyclic) bond motifs is 1. The van der Waals surface area contributed by atoms with Gasteiger partial charge in [-0.1, -0.05) is 24.3 Å². The van der Waals surface area contributed by atoms with Crippen LogP contribution in [0.4, 0.5) is 0 Å². The van der Waals surface area contributed by atoms with Crippen molar-refractivity contribution in [1.82, 2.24) is 30.3 Å². The maximum absolute atomic E-state index is 4.49. The van der Waals surface area contributed by atoms with Gasteiger partial charge in [-0.05, 0) is 28.5 Å². The van der Waals surface area contributed by atoms with Gasteiger partial charge in [0.05, 0.1) is 22.8 Å². The lowest BCUT2D eigenvalue weighted by molar-refractivity contribution is 0.569. The molecule has 0 aliphatic heterocycles. The van der Waals surface area contributed by atoms with Crippen LogP contribution in [0.15, 0.2) is 35.2 Å². The minimum absolute atomic E-state index is 0.0511. The number of hydrogen-bond donors (Lipinski definition) is 1. The fourth-order valence-corrected chi connectivity index (χ4v) is 3.01. The van der Waals surface area contributed by atoms with Crippen molar-refractivity contribution in [2.45, 2.75) is 13.0 Å². The van der Waals surface area contributed by atoms with Gasteiger partial charge in [0.15, 0.2) is 4.60 Å². The van der Waals surface area contributed by atoms with Crippen LogP contribution in [-0.4, -0.2) is 31.5 Å². The summed E-state index contributed by atoms with van der Waals surface area (Å²) in [6.07, 6.45) is 3.42. The Labute approximate surface area is 130 Å². The van der Waals surface area contributed by atoms with Gasteiger partial charge < -0.3 is 5.32 Å². The second-order valence-electron chi connectivity index (χ2n) is 4.65. The predicted octanol–water partition coefficient (Wildman–Crippen LogP) is 2.22. The fourth-order valence-electron chi connectivity index (χ4n) is 2.45. The number of aromatic nitrogens is 5. The highest BCUT2D eigenvalue weighted by molar-refractivity contribution is 9.10. The molecule has 0 spiro atoms. The van der Waals surface area contributed by atoms with Crippen LogP contribution in [0.25, 0.3) is 11.0 Å². The highest BCUT2D eigenvalue weighted by Crippen LogP contribution is 2.30. The molecule has 1 aromatic carbocycles. The molecule has 3 rings (SSSR count). The third-order valence-corrected chi connectivity index (χ3v) is 3.91. The van der Waals surface area contributed by atoms with Crippen molar-refractivity contribution < 1.29 is 0 Å². The van der Waals surface area contributed by atoms with E-state index in [9.17, 15) is 0 Å². The maximum Gasteiger partial charge on any atom is 0.153 e. The Balaban J connectivity index is 2.21. The molecule has 2 aromatic heterocycles. The number of aryl methyl sites for hydroxylation is 1. The van der Waals surface area contributed by atoms with E-state index >= 15 is 0 Å². The molecule has 1 atom stereocenters. The summed E-state index contributed by atoms with van der Waals surface area (Å²) in [6.45, 7) is 2.89. The van der Waals surface area contributed by atoms with Gasteiger partial charge in [0.1, 0.15) is 0 Å². The molecule has 0 radical (unpaired) electrons. The van der Waals surface area contributed by atoms with E-state index in [2.05, 4.69) is 54.5 Å². The highest BCUT2D eigenvalue weighted by atomic mass is 79.9. The van der Waals surface area contributed by atoms with E-state index in [0.29, 0.717) is 0 Å². The van der Waals surface area contributed by atoms with Crippen LogP contribution in [0.3, 0.4) is 0 Å². The third-order valence-electron chi connectivity index (χ3n) is 3.35. The molecule has 0 aliphatic carbocycles. The minimum Gasteiger partial charge on any atom is -0.305 e. The normalized spacial score (nSPS) is 12.7. The Morgan fingerprint density at radius 2 is 2.10 bits per heavy atom. The number of nitrogens with one attached hydrogen (secondary N) is 1. The molecule has 0 bridgehead atoms. The summed E-state index contributed by atoms with van der Waals surface area (Å²) in [5.41, 5.74) is 3.80. The van der Waals surface area contributed by atoms with Crippen LogP contribution < -0.4 is 5.32 Å². The summed E-state index contributed by atoms with van der Waals surface area (Å²) >= 11 is 3.48. The van der Waals surface area contributed by atoms with Crippen LogP contribution in [-0.2, 0) is 7.05 Å². The Morgan fingerprint density at radius 3 is 2.81 bits per heavy atom. The number of para-hydroxylation sites is 1. The Kier molecular flexibility index (Phi) is 3.94. The summed E-state index contributed by atoms with van der Waals surface area (Å²) < 4.78 is 2.50. The number of halogens is 1. The standard InChI is InChI=1S/C14H15BrN6/c1-3-16-12(13-14(15)19-20-21(13)2)9-5-4-6-10-11(9)18-8-7-17-10/h4-8,12,16H,3H2,1-2H3. The van der Waals surface area contributed by atoms with E-state index in [0.717, 1.165) is 33.4 Å². The van der Waals surface area contributed by atoms with E-state index in [1.165, 1.54) is 0 Å². The first-order valence-electron chi connectivity index (χ1n) is 6.70. The van der Waals surface area contributed by atoms with Crippen molar-refractivity contribution >= 4 is 27.0 Å². The van der Waals surface area contributed by atoms with Gasteiger partial charge >= 0.3 is 0 Å².